The van der Waals surface area contributed by atoms with Crippen molar-refractivity contribution in [2.45, 2.75) is 11.6 Å². The van der Waals surface area contributed by atoms with E-state index in [0.717, 1.165) is 6.21 Å². The molecule has 0 aromatic heterocycles. The number of hydrogen-bond donors (Lipinski definition) is 1. The molecule has 2 nitrogen and oxygen atoms in total. The highest BCUT2D eigenvalue weighted by molar-refractivity contribution is 6.34. The van der Waals surface area contributed by atoms with Gasteiger partial charge in [0, 0.05) is 16.3 Å². The molecule has 0 fully saturated rings. The van der Waals surface area contributed by atoms with Gasteiger partial charge in [0.05, 0.1) is 6.54 Å². The van der Waals surface area contributed by atoms with Crippen molar-refractivity contribution in [3.05, 3.63) is 33.8 Å². The summed E-state index contributed by atoms with van der Waals surface area (Å²) >= 11 is 11.4. The maximum atomic E-state index is 13.1. The van der Waals surface area contributed by atoms with Gasteiger partial charge >= 0.3 is 6.18 Å². The highest BCUT2D eigenvalue weighted by Crippen LogP contribution is 2.42. The number of nitrogens with zero attached hydrogens (tertiary/aromatic N) is 1. The van der Waals surface area contributed by atoms with E-state index in [1.165, 1.54) is 18.2 Å². The van der Waals surface area contributed by atoms with Gasteiger partial charge in [-0.3, -0.25) is 0 Å². The van der Waals surface area contributed by atoms with Crippen LogP contribution in [0.25, 0.3) is 0 Å². The van der Waals surface area contributed by atoms with Gasteiger partial charge in [-0.1, -0.05) is 23.2 Å². The molecule has 1 heterocycles. The maximum Gasteiger partial charge on any atom is 0.405 e. The van der Waals surface area contributed by atoms with E-state index in [4.69, 9.17) is 23.2 Å². The third-order valence-corrected chi connectivity index (χ3v) is 3.05. The molecule has 1 atom stereocenters. The molecule has 1 aliphatic heterocycles. The SMILES string of the molecule is FC(F)(F)C1(c2cc(Cl)cc(Cl)c2)C=NNC1. The number of benzene rings is 1. The fourth-order valence-electron chi connectivity index (χ4n) is 1.70. The summed E-state index contributed by atoms with van der Waals surface area (Å²) in [5, 5.41) is 3.78. The fourth-order valence-corrected chi connectivity index (χ4v) is 2.22. The van der Waals surface area contributed by atoms with Crippen LogP contribution in [-0.2, 0) is 5.41 Å². The fraction of sp³-hybridized carbons (Fsp3) is 0.300. The Morgan fingerprint density at radius 2 is 1.76 bits per heavy atom. The standard InChI is InChI=1S/C10H7Cl2F3N2/c11-7-1-6(2-8(12)3-7)9(10(13,14)15)4-16-17-5-9/h1-4,17H,5H2. The summed E-state index contributed by atoms with van der Waals surface area (Å²) < 4.78 is 39.4. The van der Waals surface area contributed by atoms with Gasteiger partial charge in [-0.25, -0.2) is 0 Å². The number of hydrogen-bond acceptors (Lipinski definition) is 2. The zero-order valence-electron chi connectivity index (χ0n) is 8.35. The predicted octanol–water partition coefficient (Wildman–Crippen LogP) is 3.38. The molecule has 0 bridgehead atoms. The van der Waals surface area contributed by atoms with Crippen molar-refractivity contribution in [1.82, 2.24) is 5.43 Å². The third-order valence-electron chi connectivity index (χ3n) is 2.62. The molecular formula is C10H7Cl2F3N2. The van der Waals surface area contributed by atoms with Gasteiger partial charge in [0.1, 0.15) is 5.41 Å². The average molecular weight is 283 g/mol. The lowest BCUT2D eigenvalue weighted by atomic mass is 9.81. The Morgan fingerprint density at radius 3 is 2.18 bits per heavy atom. The molecular weight excluding hydrogens is 276 g/mol. The first-order valence-electron chi connectivity index (χ1n) is 4.65. The molecule has 0 radical (unpaired) electrons. The molecule has 0 aliphatic carbocycles. The number of halogens is 5. The van der Waals surface area contributed by atoms with Gasteiger partial charge in [-0.2, -0.15) is 18.3 Å². The second-order valence-corrected chi connectivity index (χ2v) is 4.59. The first-order valence-corrected chi connectivity index (χ1v) is 5.41. The highest BCUT2D eigenvalue weighted by atomic mass is 35.5. The molecule has 2 rings (SSSR count). The van der Waals surface area contributed by atoms with Gasteiger partial charge in [0.2, 0.25) is 0 Å². The molecule has 1 unspecified atom stereocenters. The smallest absolute Gasteiger partial charge is 0.309 e. The third kappa shape index (κ3) is 2.09. The monoisotopic (exact) mass is 282 g/mol. The van der Waals surface area contributed by atoms with Crippen LogP contribution in [0.15, 0.2) is 23.3 Å². The van der Waals surface area contributed by atoms with Gasteiger partial charge in [0.25, 0.3) is 0 Å². The van der Waals surface area contributed by atoms with Crippen molar-refractivity contribution in [1.29, 1.82) is 0 Å². The van der Waals surface area contributed by atoms with Gasteiger partial charge in [-0.05, 0) is 23.8 Å². The van der Waals surface area contributed by atoms with E-state index in [1.54, 1.807) is 0 Å². The summed E-state index contributed by atoms with van der Waals surface area (Å²) in [6.45, 7) is -0.354. The molecule has 17 heavy (non-hydrogen) atoms. The largest absolute Gasteiger partial charge is 0.405 e. The molecule has 92 valence electrons. The lowest BCUT2D eigenvalue weighted by Gasteiger charge is -2.28. The van der Waals surface area contributed by atoms with Gasteiger partial charge in [-0.15, -0.1) is 0 Å². The summed E-state index contributed by atoms with van der Waals surface area (Å²) in [7, 11) is 0. The summed E-state index contributed by atoms with van der Waals surface area (Å²) in [5.41, 5.74) is 0.138. The van der Waals surface area contributed by atoms with Crippen LogP contribution in [0.2, 0.25) is 10.0 Å². The molecule has 1 aromatic rings. The summed E-state index contributed by atoms with van der Waals surface area (Å²) in [6, 6.07) is 3.89. The lowest BCUT2D eigenvalue weighted by molar-refractivity contribution is -0.165. The van der Waals surface area contributed by atoms with Crippen LogP contribution >= 0.6 is 23.2 Å². The minimum Gasteiger partial charge on any atom is -0.309 e. The minimum absolute atomic E-state index is 0.0174. The van der Waals surface area contributed by atoms with Crippen molar-refractivity contribution in [3.8, 4) is 0 Å². The zero-order valence-corrected chi connectivity index (χ0v) is 9.87. The first kappa shape index (κ1) is 12.5. The highest BCUT2D eigenvalue weighted by Gasteiger charge is 2.56. The second-order valence-electron chi connectivity index (χ2n) is 3.72. The number of rotatable bonds is 1. The second kappa shape index (κ2) is 4.07. The Hall–Kier alpha value is -0.940. The number of nitrogens with one attached hydrogen (secondary N) is 1. The predicted molar refractivity (Wildman–Crippen MR) is 60.7 cm³/mol. The van der Waals surface area contributed by atoms with Crippen LogP contribution in [-0.4, -0.2) is 18.9 Å². The normalized spacial score (nSPS) is 23.8. The van der Waals surface area contributed by atoms with Crippen molar-refractivity contribution in [2.75, 3.05) is 6.54 Å². The van der Waals surface area contributed by atoms with Crippen molar-refractivity contribution in [2.24, 2.45) is 5.10 Å². The van der Waals surface area contributed by atoms with Crippen LogP contribution in [0.1, 0.15) is 5.56 Å². The van der Waals surface area contributed by atoms with E-state index < -0.39 is 11.6 Å². The lowest BCUT2D eigenvalue weighted by Crippen LogP contribution is -2.46. The molecule has 0 spiro atoms. The molecule has 7 heteroatoms. The van der Waals surface area contributed by atoms with Crippen LogP contribution in [0.4, 0.5) is 13.2 Å². The summed E-state index contributed by atoms with van der Waals surface area (Å²) in [5.74, 6) is 0. The number of alkyl halides is 3. The van der Waals surface area contributed by atoms with E-state index >= 15 is 0 Å². The van der Waals surface area contributed by atoms with E-state index in [0.29, 0.717) is 0 Å². The van der Waals surface area contributed by atoms with Gasteiger partial charge < -0.3 is 5.43 Å². The Labute approximate surface area is 105 Å². The molecule has 1 aromatic carbocycles. The molecule has 1 aliphatic rings. The first-order chi connectivity index (χ1) is 7.85. The molecule has 0 amide bonds. The van der Waals surface area contributed by atoms with Gasteiger partial charge in [0.15, 0.2) is 0 Å². The summed E-state index contributed by atoms with van der Waals surface area (Å²) in [4.78, 5) is 0. The topological polar surface area (TPSA) is 24.4 Å². The van der Waals surface area contributed by atoms with Crippen LogP contribution in [0.5, 0.6) is 0 Å². The Kier molecular flexibility index (Phi) is 2.99. The van der Waals surface area contributed by atoms with E-state index in [2.05, 4.69) is 10.5 Å². The number of hydrazone groups is 1. The van der Waals surface area contributed by atoms with Crippen LogP contribution in [0.3, 0.4) is 0 Å². The minimum atomic E-state index is -4.46. The van der Waals surface area contributed by atoms with Crippen LogP contribution < -0.4 is 5.43 Å². The molecule has 1 N–H and O–H groups in total. The zero-order chi connectivity index (χ0) is 12.7. The van der Waals surface area contributed by atoms with E-state index in [-0.39, 0.29) is 22.2 Å². The molecule has 0 saturated heterocycles. The van der Waals surface area contributed by atoms with E-state index in [1.807, 2.05) is 0 Å². The van der Waals surface area contributed by atoms with Crippen molar-refractivity contribution in [3.63, 3.8) is 0 Å². The maximum absolute atomic E-state index is 13.1. The molecule has 0 saturated carbocycles. The van der Waals surface area contributed by atoms with Crippen molar-refractivity contribution >= 4 is 29.4 Å². The van der Waals surface area contributed by atoms with E-state index in [9.17, 15) is 13.2 Å². The Morgan fingerprint density at radius 1 is 1.18 bits per heavy atom. The van der Waals surface area contributed by atoms with Crippen molar-refractivity contribution < 1.29 is 13.2 Å². The van der Waals surface area contributed by atoms with Crippen LogP contribution in [0, 0.1) is 0 Å². The summed E-state index contributed by atoms with van der Waals surface area (Å²) in [6.07, 6.45) is -3.62. The Balaban J connectivity index is 2.58. The Bertz CT molecular complexity index is 453. The quantitative estimate of drug-likeness (QED) is 0.839. The average Bonchev–Trinajstić information content (AvgIpc) is 2.64.